The van der Waals surface area contributed by atoms with Crippen molar-refractivity contribution in [3.05, 3.63) is 41.9 Å². The monoisotopic (exact) mass is 275 g/mol. The number of carbonyl (C=O) groups excluding carboxylic acids is 1. The molecule has 0 aliphatic rings. The number of hydrogen-bond acceptors (Lipinski definition) is 5. The second-order valence-electron chi connectivity index (χ2n) is 4.19. The summed E-state index contributed by atoms with van der Waals surface area (Å²) < 4.78 is 6.53. The van der Waals surface area contributed by atoms with E-state index in [9.17, 15) is 4.79 Å². The molecule has 2 rings (SSSR count). The van der Waals surface area contributed by atoms with Crippen molar-refractivity contribution in [2.45, 2.75) is 6.54 Å². The van der Waals surface area contributed by atoms with Gasteiger partial charge in [0.15, 0.2) is 5.82 Å². The van der Waals surface area contributed by atoms with Crippen molar-refractivity contribution < 1.29 is 9.53 Å². The Hall–Kier alpha value is -2.25. The number of ether oxygens (including phenoxy) is 1. The van der Waals surface area contributed by atoms with E-state index in [0.29, 0.717) is 24.5 Å². The summed E-state index contributed by atoms with van der Waals surface area (Å²) in [5, 5.41) is 7.36. The second kappa shape index (κ2) is 6.78. The lowest BCUT2D eigenvalue weighted by atomic mass is 10.2. The highest BCUT2D eigenvalue weighted by Crippen LogP contribution is 2.11. The fourth-order valence-corrected chi connectivity index (χ4v) is 1.74. The number of hydrogen-bond donors (Lipinski definition) is 2. The van der Waals surface area contributed by atoms with Crippen LogP contribution < -0.4 is 11.1 Å². The Bertz CT molecular complexity index is 582. The molecule has 0 bridgehead atoms. The summed E-state index contributed by atoms with van der Waals surface area (Å²) in [5.74, 6) is 0.164. The van der Waals surface area contributed by atoms with Crippen molar-refractivity contribution in [1.29, 1.82) is 0 Å². The highest BCUT2D eigenvalue weighted by molar-refractivity contribution is 5.92. The molecule has 7 nitrogen and oxygen atoms in total. The fourth-order valence-electron chi connectivity index (χ4n) is 1.74. The molecule has 20 heavy (non-hydrogen) atoms. The number of carbonyl (C=O) groups is 1. The van der Waals surface area contributed by atoms with E-state index >= 15 is 0 Å². The van der Waals surface area contributed by atoms with Crippen LogP contribution in [0.1, 0.15) is 15.9 Å². The normalized spacial score (nSPS) is 10.7. The van der Waals surface area contributed by atoms with Gasteiger partial charge in [0.05, 0.1) is 18.4 Å². The number of rotatable bonds is 7. The van der Waals surface area contributed by atoms with Gasteiger partial charge in [-0.2, -0.15) is 5.10 Å². The largest absolute Gasteiger partial charge is 0.383 e. The minimum atomic E-state index is -0.507. The van der Waals surface area contributed by atoms with E-state index in [0.717, 1.165) is 12.1 Å². The molecule has 106 valence electrons. The fraction of sp³-hybridized carbons (Fsp3) is 0.308. The molecule has 0 atom stereocenters. The zero-order valence-electron chi connectivity index (χ0n) is 11.2. The summed E-state index contributed by atoms with van der Waals surface area (Å²) in [6.45, 7) is 2.03. The van der Waals surface area contributed by atoms with Crippen molar-refractivity contribution in [3.8, 4) is 5.82 Å². The Kier molecular flexibility index (Phi) is 4.80. The average molecular weight is 275 g/mol. The number of nitrogens with zero attached hydrogens (tertiary/aromatic N) is 3. The summed E-state index contributed by atoms with van der Waals surface area (Å²) in [6, 6.07) is 3.81. The van der Waals surface area contributed by atoms with Gasteiger partial charge >= 0.3 is 0 Å². The maximum atomic E-state index is 11.1. The molecule has 0 saturated heterocycles. The average Bonchev–Trinajstić information content (AvgIpc) is 2.94. The first-order valence-electron chi connectivity index (χ1n) is 6.20. The van der Waals surface area contributed by atoms with Crippen LogP contribution in [-0.2, 0) is 11.3 Å². The van der Waals surface area contributed by atoms with E-state index in [1.165, 1.54) is 6.20 Å². The molecular weight excluding hydrogens is 258 g/mol. The Morgan fingerprint density at radius 1 is 1.55 bits per heavy atom. The van der Waals surface area contributed by atoms with Crippen molar-refractivity contribution in [2.75, 3.05) is 20.3 Å². The number of nitrogens with one attached hydrogen (secondary N) is 1. The van der Waals surface area contributed by atoms with Gasteiger partial charge in [-0.3, -0.25) is 4.79 Å². The van der Waals surface area contributed by atoms with Gasteiger partial charge in [-0.1, -0.05) is 6.07 Å². The lowest BCUT2D eigenvalue weighted by Gasteiger charge is -2.09. The van der Waals surface area contributed by atoms with Crippen molar-refractivity contribution >= 4 is 5.91 Å². The van der Waals surface area contributed by atoms with Gasteiger partial charge in [0.25, 0.3) is 5.91 Å². The molecule has 0 aliphatic carbocycles. The topological polar surface area (TPSA) is 95.1 Å². The second-order valence-corrected chi connectivity index (χ2v) is 4.19. The van der Waals surface area contributed by atoms with Crippen LogP contribution in [0.5, 0.6) is 0 Å². The third kappa shape index (κ3) is 3.40. The molecule has 0 radical (unpaired) electrons. The summed E-state index contributed by atoms with van der Waals surface area (Å²) in [5.41, 5.74) is 6.55. The van der Waals surface area contributed by atoms with Crippen LogP contribution in [0.4, 0.5) is 0 Å². The van der Waals surface area contributed by atoms with Crippen LogP contribution in [0.15, 0.2) is 30.7 Å². The molecular formula is C13H17N5O2. The molecule has 0 aliphatic heterocycles. The van der Waals surface area contributed by atoms with Crippen LogP contribution in [0.25, 0.3) is 5.82 Å². The quantitative estimate of drug-likeness (QED) is 0.699. The third-order valence-corrected chi connectivity index (χ3v) is 2.75. The number of pyridine rings is 1. The van der Waals surface area contributed by atoms with E-state index < -0.39 is 5.91 Å². The van der Waals surface area contributed by atoms with Gasteiger partial charge in [0.2, 0.25) is 0 Å². The molecule has 0 unspecified atom stereocenters. The van der Waals surface area contributed by atoms with E-state index in [1.54, 1.807) is 24.2 Å². The predicted octanol–water partition coefficient (Wildman–Crippen LogP) is 0.102. The summed E-state index contributed by atoms with van der Waals surface area (Å²) >= 11 is 0. The molecule has 0 spiro atoms. The van der Waals surface area contributed by atoms with Crippen LogP contribution >= 0.6 is 0 Å². The highest BCUT2D eigenvalue weighted by Gasteiger charge is 2.09. The summed E-state index contributed by atoms with van der Waals surface area (Å²) in [6.07, 6.45) is 4.68. The third-order valence-electron chi connectivity index (χ3n) is 2.75. The Morgan fingerprint density at radius 2 is 2.40 bits per heavy atom. The lowest BCUT2D eigenvalue weighted by Crippen LogP contribution is -2.20. The van der Waals surface area contributed by atoms with Crippen LogP contribution in [-0.4, -0.2) is 40.9 Å². The molecule has 0 fully saturated rings. The lowest BCUT2D eigenvalue weighted by molar-refractivity contribution is 0.100. The highest BCUT2D eigenvalue weighted by atomic mass is 16.5. The van der Waals surface area contributed by atoms with Gasteiger partial charge in [0.1, 0.15) is 0 Å². The van der Waals surface area contributed by atoms with Gasteiger partial charge < -0.3 is 15.8 Å². The van der Waals surface area contributed by atoms with Gasteiger partial charge in [-0.15, -0.1) is 0 Å². The molecule has 3 N–H and O–H groups in total. The van der Waals surface area contributed by atoms with Gasteiger partial charge in [0, 0.05) is 38.2 Å². The molecule has 2 heterocycles. The molecule has 2 aromatic heterocycles. The summed E-state index contributed by atoms with van der Waals surface area (Å²) in [4.78, 5) is 15.4. The van der Waals surface area contributed by atoms with Crippen molar-refractivity contribution in [3.63, 3.8) is 0 Å². The smallest absolute Gasteiger partial charge is 0.251 e. The van der Waals surface area contributed by atoms with Crippen molar-refractivity contribution in [2.24, 2.45) is 5.73 Å². The SMILES string of the molecule is COCCNCc1cccnc1-n1cc(C(N)=O)cn1. The maximum Gasteiger partial charge on any atom is 0.251 e. The Labute approximate surface area is 116 Å². The zero-order valence-corrected chi connectivity index (χ0v) is 11.2. The first-order chi connectivity index (χ1) is 9.72. The molecule has 0 aromatic carbocycles. The van der Waals surface area contributed by atoms with Gasteiger partial charge in [-0.25, -0.2) is 9.67 Å². The number of nitrogens with two attached hydrogens (primary N) is 1. The zero-order chi connectivity index (χ0) is 14.4. The Balaban J connectivity index is 2.16. The van der Waals surface area contributed by atoms with E-state index in [4.69, 9.17) is 10.5 Å². The number of methoxy groups -OCH3 is 1. The minimum Gasteiger partial charge on any atom is -0.383 e. The van der Waals surface area contributed by atoms with E-state index in [-0.39, 0.29) is 0 Å². The standard InChI is InChI=1S/C13H17N5O2/c1-20-6-5-15-7-10-3-2-4-16-13(10)18-9-11(8-17-18)12(14)19/h2-4,8-9,15H,5-7H2,1H3,(H2,14,19). The first-order valence-corrected chi connectivity index (χ1v) is 6.20. The Morgan fingerprint density at radius 3 is 3.10 bits per heavy atom. The van der Waals surface area contributed by atoms with Crippen LogP contribution in [0.3, 0.4) is 0 Å². The summed E-state index contributed by atoms with van der Waals surface area (Å²) in [7, 11) is 1.66. The molecule has 1 amide bonds. The number of amides is 1. The van der Waals surface area contributed by atoms with Crippen molar-refractivity contribution in [1.82, 2.24) is 20.1 Å². The molecule has 2 aromatic rings. The van der Waals surface area contributed by atoms with E-state index in [2.05, 4.69) is 15.4 Å². The van der Waals surface area contributed by atoms with Crippen LogP contribution in [0, 0.1) is 0 Å². The predicted molar refractivity (Wildman–Crippen MR) is 73.5 cm³/mol. The molecule has 0 saturated carbocycles. The molecule has 7 heteroatoms. The maximum absolute atomic E-state index is 11.1. The first kappa shape index (κ1) is 14.2. The minimum absolute atomic E-state index is 0.356. The van der Waals surface area contributed by atoms with Crippen LogP contribution in [0.2, 0.25) is 0 Å². The van der Waals surface area contributed by atoms with E-state index in [1.807, 2.05) is 12.1 Å². The number of primary amides is 1. The number of aromatic nitrogens is 3. The van der Waals surface area contributed by atoms with Gasteiger partial charge in [-0.05, 0) is 6.07 Å².